The Morgan fingerprint density at radius 2 is 2.32 bits per heavy atom. The zero-order chi connectivity index (χ0) is 13.7. The van der Waals surface area contributed by atoms with Gasteiger partial charge in [0.1, 0.15) is 0 Å². The Bertz CT molecular complexity index is 356. The van der Waals surface area contributed by atoms with Gasteiger partial charge in [-0.2, -0.15) is 5.10 Å². The second-order valence-corrected chi connectivity index (χ2v) is 5.40. The molecule has 0 saturated carbocycles. The van der Waals surface area contributed by atoms with Crippen LogP contribution in [0.15, 0.2) is 18.5 Å². The average Bonchev–Trinajstić information content (AvgIpc) is 2.81. The highest BCUT2D eigenvalue weighted by atomic mass is 16.5. The van der Waals surface area contributed by atoms with E-state index >= 15 is 0 Å². The first-order valence-electron chi connectivity index (χ1n) is 6.77. The fourth-order valence-electron chi connectivity index (χ4n) is 2.44. The van der Waals surface area contributed by atoms with Gasteiger partial charge in [-0.1, -0.05) is 0 Å². The zero-order valence-electron chi connectivity index (χ0n) is 11.8. The van der Waals surface area contributed by atoms with Crippen molar-refractivity contribution < 1.29 is 9.84 Å². The van der Waals surface area contributed by atoms with Crippen molar-refractivity contribution in [2.45, 2.75) is 18.8 Å². The molecule has 1 N–H and O–H groups in total. The number of aliphatic hydroxyl groups excluding tert-OH is 1. The van der Waals surface area contributed by atoms with Gasteiger partial charge in [0.05, 0.1) is 25.4 Å². The number of hydrogen-bond acceptors (Lipinski definition) is 5. The van der Waals surface area contributed by atoms with Gasteiger partial charge in [-0.3, -0.25) is 9.58 Å². The Morgan fingerprint density at radius 3 is 3.00 bits per heavy atom. The van der Waals surface area contributed by atoms with Gasteiger partial charge >= 0.3 is 0 Å². The fraction of sp³-hybridized carbons (Fsp3) is 0.769. The SMILES string of the molecule is CN(C)CC1CN(CC(O)Cn2cccn2)CCO1. The molecule has 0 aliphatic carbocycles. The van der Waals surface area contributed by atoms with Gasteiger partial charge in [0.15, 0.2) is 0 Å². The maximum Gasteiger partial charge on any atom is 0.0862 e. The lowest BCUT2D eigenvalue weighted by molar-refractivity contribution is -0.0500. The molecule has 2 atom stereocenters. The molecule has 1 aliphatic heterocycles. The molecule has 1 aromatic heterocycles. The smallest absolute Gasteiger partial charge is 0.0862 e. The van der Waals surface area contributed by atoms with Gasteiger partial charge in [-0.05, 0) is 20.2 Å². The third-order valence-corrected chi connectivity index (χ3v) is 3.22. The summed E-state index contributed by atoms with van der Waals surface area (Å²) in [4.78, 5) is 4.40. The van der Waals surface area contributed by atoms with Crippen molar-refractivity contribution >= 4 is 0 Å². The van der Waals surface area contributed by atoms with Gasteiger partial charge in [-0.25, -0.2) is 0 Å². The summed E-state index contributed by atoms with van der Waals surface area (Å²) < 4.78 is 7.49. The number of ether oxygens (including phenoxy) is 1. The van der Waals surface area contributed by atoms with Crippen LogP contribution in [-0.2, 0) is 11.3 Å². The highest BCUT2D eigenvalue weighted by Crippen LogP contribution is 2.07. The van der Waals surface area contributed by atoms with E-state index in [0.717, 1.165) is 26.2 Å². The molecular formula is C13H24N4O2. The Labute approximate surface area is 114 Å². The van der Waals surface area contributed by atoms with Crippen molar-refractivity contribution in [2.24, 2.45) is 0 Å². The molecule has 19 heavy (non-hydrogen) atoms. The number of β-amino-alcohol motifs (C(OH)–C–C–N with tert-alkyl or cyclic N) is 1. The summed E-state index contributed by atoms with van der Waals surface area (Å²) in [5, 5.41) is 14.2. The van der Waals surface area contributed by atoms with Crippen LogP contribution in [0.3, 0.4) is 0 Å². The molecule has 0 spiro atoms. The van der Waals surface area contributed by atoms with Gasteiger partial charge in [0.25, 0.3) is 0 Å². The van der Waals surface area contributed by atoms with Crippen LogP contribution >= 0.6 is 0 Å². The third kappa shape index (κ3) is 4.91. The van der Waals surface area contributed by atoms with Crippen molar-refractivity contribution in [3.63, 3.8) is 0 Å². The van der Waals surface area contributed by atoms with Crippen LogP contribution in [0.1, 0.15) is 0 Å². The number of rotatable bonds is 6. The number of aliphatic hydroxyl groups is 1. The summed E-state index contributed by atoms with van der Waals surface area (Å²) in [6, 6.07) is 1.87. The number of nitrogens with zero attached hydrogens (tertiary/aromatic N) is 4. The second-order valence-electron chi connectivity index (χ2n) is 5.40. The van der Waals surface area contributed by atoms with Crippen molar-refractivity contribution in [2.75, 3.05) is 46.9 Å². The highest BCUT2D eigenvalue weighted by molar-refractivity contribution is 4.80. The Balaban J connectivity index is 1.75. The van der Waals surface area contributed by atoms with Crippen LogP contribution in [0, 0.1) is 0 Å². The maximum atomic E-state index is 10.1. The number of morpholine rings is 1. The van der Waals surface area contributed by atoms with E-state index < -0.39 is 6.10 Å². The summed E-state index contributed by atoms with van der Waals surface area (Å²) in [6.07, 6.45) is 3.45. The molecule has 1 saturated heterocycles. The Morgan fingerprint density at radius 1 is 1.47 bits per heavy atom. The van der Waals surface area contributed by atoms with E-state index in [4.69, 9.17) is 4.74 Å². The fourth-order valence-corrected chi connectivity index (χ4v) is 2.44. The Hall–Kier alpha value is -0.950. The summed E-state index contributed by atoms with van der Waals surface area (Å²) >= 11 is 0. The summed E-state index contributed by atoms with van der Waals surface area (Å²) in [5.41, 5.74) is 0. The van der Waals surface area contributed by atoms with Crippen molar-refractivity contribution in [3.05, 3.63) is 18.5 Å². The van der Waals surface area contributed by atoms with Gasteiger partial charge in [0, 0.05) is 38.6 Å². The van der Waals surface area contributed by atoms with Crippen molar-refractivity contribution in [3.8, 4) is 0 Å². The molecule has 1 aromatic rings. The van der Waals surface area contributed by atoms with Crippen LogP contribution < -0.4 is 0 Å². The van der Waals surface area contributed by atoms with E-state index in [9.17, 15) is 5.11 Å². The van der Waals surface area contributed by atoms with Crippen LogP contribution in [0.25, 0.3) is 0 Å². The lowest BCUT2D eigenvalue weighted by Gasteiger charge is -2.35. The minimum atomic E-state index is -0.391. The first-order valence-corrected chi connectivity index (χ1v) is 6.77. The lowest BCUT2D eigenvalue weighted by Crippen LogP contribution is -2.49. The minimum Gasteiger partial charge on any atom is -0.390 e. The number of likely N-dealkylation sites (N-methyl/N-ethyl adjacent to an activating group) is 1. The molecule has 108 valence electrons. The molecule has 0 radical (unpaired) electrons. The van der Waals surface area contributed by atoms with Crippen molar-refractivity contribution in [1.82, 2.24) is 19.6 Å². The number of aromatic nitrogens is 2. The average molecular weight is 268 g/mol. The molecule has 0 amide bonds. The van der Waals surface area contributed by atoms with Gasteiger partial charge in [0.2, 0.25) is 0 Å². The molecular weight excluding hydrogens is 244 g/mol. The molecule has 2 heterocycles. The largest absolute Gasteiger partial charge is 0.390 e. The first kappa shape index (κ1) is 14.5. The van der Waals surface area contributed by atoms with Crippen LogP contribution in [0.5, 0.6) is 0 Å². The van der Waals surface area contributed by atoms with E-state index in [0.29, 0.717) is 13.1 Å². The zero-order valence-corrected chi connectivity index (χ0v) is 11.8. The molecule has 1 fully saturated rings. The topological polar surface area (TPSA) is 53.8 Å². The van der Waals surface area contributed by atoms with Gasteiger partial charge in [-0.15, -0.1) is 0 Å². The van der Waals surface area contributed by atoms with Crippen LogP contribution in [0.4, 0.5) is 0 Å². The third-order valence-electron chi connectivity index (χ3n) is 3.22. The number of hydrogen-bond donors (Lipinski definition) is 1. The quantitative estimate of drug-likeness (QED) is 0.754. The summed E-state index contributed by atoms with van der Waals surface area (Å²) in [5.74, 6) is 0. The van der Waals surface area contributed by atoms with Gasteiger partial charge < -0.3 is 14.7 Å². The highest BCUT2D eigenvalue weighted by Gasteiger charge is 2.22. The van der Waals surface area contributed by atoms with E-state index in [1.54, 1.807) is 10.9 Å². The molecule has 2 unspecified atom stereocenters. The van der Waals surface area contributed by atoms with Crippen LogP contribution in [0.2, 0.25) is 0 Å². The normalized spacial score (nSPS) is 22.8. The predicted octanol–water partition coefficient (Wildman–Crippen LogP) is -0.494. The molecule has 6 nitrogen and oxygen atoms in total. The Kier molecular flexibility index (Phi) is 5.33. The van der Waals surface area contributed by atoms with E-state index in [1.807, 2.05) is 12.3 Å². The monoisotopic (exact) mass is 268 g/mol. The predicted molar refractivity (Wildman–Crippen MR) is 73.0 cm³/mol. The van der Waals surface area contributed by atoms with E-state index in [2.05, 4.69) is 29.0 Å². The summed E-state index contributed by atoms with van der Waals surface area (Å²) in [6.45, 7) is 4.66. The van der Waals surface area contributed by atoms with E-state index in [-0.39, 0.29) is 6.10 Å². The standard InChI is InChI=1S/C13H24N4O2/c1-15(2)10-13-11-16(6-7-19-13)8-12(18)9-17-5-3-4-14-17/h3-5,12-13,18H,6-11H2,1-2H3. The van der Waals surface area contributed by atoms with Crippen molar-refractivity contribution in [1.29, 1.82) is 0 Å². The molecule has 0 bridgehead atoms. The molecule has 6 heteroatoms. The second kappa shape index (κ2) is 7.00. The molecule has 0 aromatic carbocycles. The first-order chi connectivity index (χ1) is 9.13. The van der Waals surface area contributed by atoms with Crippen LogP contribution in [-0.4, -0.2) is 83.8 Å². The maximum absolute atomic E-state index is 10.1. The summed E-state index contributed by atoms with van der Waals surface area (Å²) in [7, 11) is 4.10. The minimum absolute atomic E-state index is 0.237. The van der Waals surface area contributed by atoms with E-state index in [1.165, 1.54) is 0 Å². The lowest BCUT2D eigenvalue weighted by atomic mass is 10.2. The molecule has 1 aliphatic rings. The molecule has 2 rings (SSSR count).